The number of aromatic hydroxyl groups is 1. The number of aryl methyl sites for hydroxylation is 1. The molecule has 0 saturated carbocycles. The highest BCUT2D eigenvalue weighted by molar-refractivity contribution is 5.96. The lowest BCUT2D eigenvalue weighted by Gasteiger charge is -2.30. The van der Waals surface area contributed by atoms with Crippen LogP contribution in [0.1, 0.15) is 95.1 Å². The second-order valence-corrected chi connectivity index (χ2v) is 12.3. The first kappa shape index (κ1) is 35.7. The molecule has 236 valence electrons. The zero-order valence-electron chi connectivity index (χ0n) is 26.2. The van der Waals surface area contributed by atoms with Crippen LogP contribution in [0.4, 0.5) is 0 Å². The van der Waals surface area contributed by atoms with Gasteiger partial charge in [-0.05, 0) is 73.9 Å². The SMILES string of the molecule is CC[C@H](C)[C@@H](O)[C@@H](C)[C@@H](O)C[C@H](O)C[C@@H]1C[C@H](O)C/C=C(\C)[C@@H](O)[C@@H](C)/C=C/C=C(\C)c2cc(O)c(C)cc2C(=O)O1. The molecule has 42 heavy (non-hydrogen) atoms. The lowest BCUT2D eigenvalue weighted by atomic mass is 9.85. The van der Waals surface area contributed by atoms with Crippen molar-refractivity contribution in [2.24, 2.45) is 17.8 Å². The van der Waals surface area contributed by atoms with E-state index in [0.717, 1.165) is 6.42 Å². The van der Waals surface area contributed by atoms with Crippen molar-refractivity contribution < 1.29 is 40.2 Å². The summed E-state index contributed by atoms with van der Waals surface area (Å²) in [4.78, 5) is 13.5. The molecular formula is C34H52O8. The number of aliphatic hydroxyl groups is 5. The molecule has 2 rings (SSSR count). The summed E-state index contributed by atoms with van der Waals surface area (Å²) in [5.74, 6) is -1.31. The molecule has 8 nitrogen and oxygen atoms in total. The van der Waals surface area contributed by atoms with Crippen LogP contribution in [0, 0.1) is 24.7 Å². The topological polar surface area (TPSA) is 148 Å². The van der Waals surface area contributed by atoms with Crippen molar-refractivity contribution in [3.63, 3.8) is 0 Å². The Labute approximate surface area is 251 Å². The molecule has 1 aromatic carbocycles. The number of aliphatic hydroxyl groups excluding tert-OH is 5. The maximum atomic E-state index is 13.5. The number of hydrogen-bond donors (Lipinski definition) is 6. The van der Waals surface area contributed by atoms with Crippen LogP contribution in [-0.2, 0) is 4.74 Å². The van der Waals surface area contributed by atoms with Crippen LogP contribution in [0.5, 0.6) is 5.75 Å². The molecule has 0 bridgehead atoms. The maximum Gasteiger partial charge on any atom is 0.339 e. The fraction of sp³-hybridized carbons (Fsp3) is 0.618. The number of hydrogen-bond acceptors (Lipinski definition) is 8. The summed E-state index contributed by atoms with van der Waals surface area (Å²) in [6, 6.07) is 3.07. The van der Waals surface area contributed by atoms with Gasteiger partial charge in [0.25, 0.3) is 0 Å². The third-order valence-corrected chi connectivity index (χ3v) is 8.65. The average Bonchev–Trinajstić information content (AvgIpc) is 2.94. The van der Waals surface area contributed by atoms with Gasteiger partial charge in [-0.1, -0.05) is 58.4 Å². The molecule has 1 aromatic rings. The van der Waals surface area contributed by atoms with E-state index in [1.807, 2.05) is 33.8 Å². The Morgan fingerprint density at radius 2 is 1.71 bits per heavy atom. The smallest absolute Gasteiger partial charge is 0.339 e. The Kier molecular flexibility index (Phi) is 13.9. The van der Waals surface area contributed by atoms with Crippen LogP contribution in [0.3, 0.4) is 0 Å². The number of phenols is 1. The Hall–Kier alpha value is -2.49. The summed E-state index contributed by atoms with van der Waals surface area (Å²) in [6.45, 7) is 12.8. The van der Waals surface area contributed by atoms with Gasteiger partial charge in [0.2, 0.25) is 0 Å². The number of cyclic esters (lactones) is 1. The number of carbonyl (C=O) groups excluding carboxylic acids is 1. The van der Waals surface area contributed by atoms with Gasteiger partial charge in [-0.2, -0.15) is 0 Å². The number of ether oxygens (including phenoxy) is 1. The van der Waals surface area contributed by atoms with E-state index in [2.05, 4.69) is 0 Å². The van der Waals surface area contributed by atoms with Crippen LogP contribution in [0.15, 0.2) is 42.0 Å². The van der Waals surface area contributed by atoms with E-state index in [4.69, 9.17) is 4.74 Å². The van der Waals surface area contributed by atoms with Gasteiger partial charge >= 0.3 is 5.97 Å². The summed E-state index contributed by atoms with van der Waals surface area (Å²) in [5.41, 5.74) is 2.61. The lowest BCUT2D eigenvalue weighted by molar-refractivity contribution is -0.0394. The number of benzene rings is 1. The highest BCUT2D eigenvalue weighted by atomic mass is 16.5. The molecule has 0 aromatic heterocycles. The van der Waals surface area contributed by atoms with Gasteiger partial charge < -0.3 is 35.4 Å². The molecule has 8 heteroatoms. The highest BCUT2D eigenvalue weighted by Crippen LogP contribution is 2.30. The minimum absolute atomic E-state index is 0.00930. The zero-order chi connectivity index (χ0) is 31.7. The highest BCUT2D eigenvalue weighted by Gasteiger charge is 2.30. The molecule has 1 aliphatic rings. The molecule has 9 atom stereocenters. The maximum absolute atomic E-state index is 13.5. The van der Waals surface area contributed by atoms with E-state index in [9.17, 15) is 35.4 Å². The molecule has 0 radical (unpaired) electrons. The van der Waals surface area contributed by atoms with Gasteiger partial charge in [0, 0.05) is 24.7 Å². The predicted molar refractivity (Wildman–Crippen MR) is 165 cm³/mol. The minimum atomic E-state index is -1.06. The molecule has 0 aliphatic carbocycles. The van der Waals surface area contributed by atoms with Crippen molar-refractivity contribution >= 4 is 11.5 Å². The largest absolute Gasteiger partial charge is 0.508 e. The number of rotatable bonds is 8. The second-order valence-electron chi connectivity index (χ2n) is 12.3. The Balaban J connectivity index is 2.41. The van der Waals surface area contributed by atoms with Crippen molar-refractivity contribution in [3.8, 4) is 5.75 Å². The number of fused-ring (bicyclic) bond motifs is 1. The van der Waals surface area contributed by atoms with Crippen molar-refractivity contribution in [2.75, 3.05) is 0 Å². The van der Waals surface area contributed by atoms with Gasteiger partial charge in [-0.15, -0.1) is 0 Å². The minimum Gasteiger partial charge on any atom is -0.508 e. The van der Waals surface area contributed by atoms with Gasteiger partial charge in [0.15, 0.2) is 0 Å². The first-order valence-electron chi connectivity index (χ1n) is 15.1. The molecule has 0 unspecified atom stereocenters. The molecule has 1 aliphatic heterocycles. The predicted octanol–water partition coefficient (Wildman–Crippen LogP) is 4.83. The quantitative estimate of drug-likeness (QED) is 0.187. The summed E-state index contributed by atoms with van der Waals surface area (Å²) < 4.78 is 5.89. The van der Waals surface area contributed by atoms with Crippen LogP contribution in [0.2, 0.25) is 0 Å². The van der Waals surface area contributed by atoms with E-state index in [0.29, 0.717) is 22.3 Å². The van der Waals surface area contributed by atoms with Gasteiger partial charge in [0.05, 0.1) is 36.1 Å². The Bertz CT molecular complexity index is 1120. The standard InChI is InChI=1S/C34H52O8/c1-8-19(2)33(40)24(7)31(38)17-26(36)16-27-15-25(35)13-12-22(5)32(39)21(4)11-9-10-20(3)28-18-30(37)23(6)14-29(28)34(41)42-27/h9-12,14,18-19,21,24-27,31-33,35-40H,8,13,15-17H2,1-7H3/b11-9+,20-10+,22-12+/t19-,21-,24-,25+,26+,27-,31-,32-,33+/m0/s1. The van der Waals surface area contributed by atoms with Crippen molar-refractivity contribution in [1.29, 1.82) is 0 Å². The molecule has 0 saturated heterocycles. The normalized spacial score (nSPS) is 29.5. The number of phenolic OH excluding ortho intramolecular Hbond substituents is 1. The molecular weight excluding hydrogens is 536 g/mol. The number of esters is 1. The second kappa shape index (κ2) is 16.4. The Morgan fingerprint density at radius 3 is 2.36 bits per heavy atom. The summed E-state index contributed by atoms with van der Waals surface area (Å²) in [6.07, 6.45) is 2.84. The fourth-order valence-corrected chi connectivity index (χ4v) is 5.31. The van der Waals surface area contributed by atoms with Crippen LogP contribution in [0.25, 0.3) is 5.57 Å². The van der Waals surface area contributed by atoms with Crippen LogP contribution < -0.4 is 0 Å². The molecule has 0 fully saturated rings. The van der Waals surface area contributed by atoms with E-state index < -0.39 is 48.5 Å². The first-order chi connectivity index (χ1) is 19.7. The first-order valence-corrected chi connectivity index (χ1v) is 15.1. The van der Waals surface area contributed by atoms with Gasteiger partial charge in [0.1, 0.15) is 11.9 Å². The summed E-state index contributed by atoms with van der Waals surface area (Å²) >= 11 is 0. The summed E-state index contributed by atoms with van der Waals surface area (Å²) in [5, 5.41) is 64.2. The molecule has 0 spiro atoms. The average molecular weight is 589 g/mol. The van der Waals surface area contributed by atoms with Crippen LogP contribution in [-0.4, -0.2) is 73.2 Å². The van der Waals surface area contributed by atoms with E-state index in [1.165, 1.54) is 6.07 Å². The fourth-order valence-electron chi connectivity index (χ4n) is 5.31. The van der Waals surface area contributed by atoms with Crippen LogP contribution >= 0.6 is 0 Å². The van der Waals surface area contributed by atoms with Crippen molar-refractivity contribution in [3.05, 3.63) is 58.7 Å². The number of carbonyl (C=O) groups is 1. The zero-order valence-corrected chi connectivity index (χ0v) is 26.2. The third kappa shape index (κ3) is 10.1. The van der Waals surface area contributed by atoms with Gasteiger partial charge in [-0.25, -0.2) is 4.79 Å². The third-order valence-electron chi connectivity index (χ3n) is 8.65. The lowest BCUT2D eigenvalue weighted by Crippen LogP contribution is -2.37. The van der Waals surface area contributed by atoms with E-state index >= 15 is 0 Å². The van der Waals surface area contributed by atoms with Crippen molar-refractivity contribution in [2.45, 2.75) is 117 Å². The Morgan fingerprint density at radius 1 is 1.05 bits per heavy atom. The molecule has 6 N–H and O–H groups in total. The molecule has 1 heterocycles. The van der Waals surface area contributed by atoms with E-state index in [1.54, 1.807) is 45.1 Å². The molecule has 0 amide bonds. The monoisotopic (exact) mass is 588 g/mol. The van der Waals surface area contributed by atoms with E-state index in [-0.39, 0.29) is 48.8 Å². The number of allylic oxidation sites excluding steroid dienone is 3. The van der Waals surface area contributed by atoms with Crippen molar-refractivity contribution in [1.82, 2.24) is 0 Å². The van der Waals surface area contributed by atoms with Gasteiger partial charge in [-0.3, -0.25) is 0 Å². The summed E-state index contributed by atoms with van der Waals surface area (Å²) in [7, 11) is 0.